The maximum atomic E-state index is 13.5. The standard InChI is InChI=1S/C29H37N7O6S/c1-17-11-18(2)26(19(3)12-17)43(41,42)35-22(28(39)40)16-33-27(38)24-14-25(37)21-6-5-20(15-34-29-31-8-9-32-29)13-23(21)36(24)10-4-7-30/h5-6,8-9,11-13,22,24,35H,4,7,10,14-16,30H2,1-3H3,(H,33,38)(H,39,40)(H2,31,32,34). The average molecular weight is 612 g/mol. The SMILES string of the molecule is Cc1cc(C)c(S(=O)(=O)NC(CNC(=O)C2CC(=O)c3ccc(CNc4ncc[nH]4)cc3N2CCCN)C(=O)O)c(C)c1. The lowest BCUT2D eigenvalue weighted by Crippen LogP contribution is -2.55. The second-order valence-electron chi connectivity index (χ2n) is 10.6. The molecule has 2 aromatic carbocycles. The number of carboxylic acids is 1. The van der Waals surface area contributed by atoms with E-state index in [2.05, 4.69) is 25.3 Å². The zero-order valence-corrected chi connectivity index (χ0v) is 25.1. The van der Waals surface area contributed by atoms with Gasteiger partial charge >= 0.3 is 5.97 Å². The molecule has 13 nitrogen and oxygen atoms in total. The third-order valence-electron chi connectivity index (χ3n) is 7.24. The molecule has 0 saturated heterocycles. The first-order chi connectivity index (χ1) is 20.4. The first-order valence-corrected chi connectivity index (χ1v) is 15.4. The van der Waals surface area contributed by atoms with Crippen LogP contribution in [-0.4, -0.2) is 72.9 Å². The number of rotatable bonds is 13. The van der Waals surface area contributed by atoms with Crippen LogP contribution in [0, 0.1) is 20.8 Å². The molecular formula is C29H37N7O6S. The monoisotopic (exact) mass is 611 g/mol. The van der Waals surface area contributed by atoms with E-state index in [9.17, 15) is 27.9 Å². The minimum Gasteiger partial charge on any atom is -0.480 e. The van der Waals surface area contributed by atoms with Crippen molar-refractivity contribution in [3.63, 3.8) is 0 Å². The number of aromatic amines is 1. The number of anilines is 2. The second kappa shape index (κ2) is 13.4. The van der Waals surface area contributed by atoms with Crippen molar-refractivity contribution in [2.24, 2.45) is 5.73 Å². The molecule has 0 aliphatic carbocycles. The number of benzene rings is 2. The largest absolute Gasteiger partial charge is 0.480 e. The highest BCUT2D eigenvalue weighted by molar-refractivity contribution is 7.89. The molecule has 43 heavy (non-hydrogen) atoms. The predicted molar refractivity (Wildman–Crippen MR) is 162 cm³/mol. The Kier molecular flexibility index (Phi) is 9.84. The molecule has 2 unspecified atom stereocenters. The van der Waals surface area contributed by atoms with Gasteiger partial charge in [0.2, 0.25) is 15.9 Å². The summed E-state index contributed by atoms with van der Waals surface area (Å²) in [5.41, 5.74) is 9.50. The molecule has 1 aliphatic rings. The van der Waals surface area contributed by atoms with Gasteiger partial charge in [0, 0.05) is 49.7 Å². The summed E-state index contributed by atoms with van der Waals surface area (Å²) in [5.74, 6) is -1.69. The van der Waals surface area contributed by atoms with E-state index in [4.69, 9.17) is 5.73 Å². The number of nitrogens with two attached hydrogens (primary N) is 1. The van der Waals surface area contributed by atoms with Crippen LogP contribution in [0.5, 0.6) is 0 Å². The Hall–Kier alpha value is -4.27. The number of Topliss-reactive ketones (excluding diaryl/α,β-unsaturated/α-hetero) is 1. The number of carbonyl (C=O) groups excluding carboxylic acids is 2. The summed E-state index contributed by atoms with van der Waals surface area (Å²) in [5, 5.41) is 15.5. The van der Waals surface area contributed by atoms with Gasteiger partial charge in [-0.1, -0.05) is 23.8 Å². The molecule has 7 N–H and O–H groups in total. The van der Waals surface area contributed by atoms with E-state index >= 15 is 0 Å². The van der Waals surface area contributed by atoms with Gasteiger partial charge in [0.25, 0.3) is 0 Å². The van der Waals surface area contributed by atoms with E-state index in [0.29, 0.717) is 54.4 Å². The van der Waals surface area contributed by atoms with Gasteiger partial charge in [-0.05, 0) is 62.6 Å². The third kappa shape index (κ3) is 7.39. The Morgan fingerprint density at radius 2 is 1.91 bits per heavy atom. The zero-order valence-electron chi connectivity index (χ0n) is 24.3. The lowest BCUT2D eigenvalue weighted by atomic mass is 9.92. The van der Waals surface area contributed by atoms with Gasteiger partial charge in [-0.15, -0.1) is 0 Å². The van der Waals surface area contributed by atoms with Gasteiger partial charge in [-0.3, -0.25) is 14.4 Å². The molecule has 1 aliphatic heterocycles. The number of amides is 1. The van der Waals surface area contributed by atoms with E-state index in [1.807, 2.05) is 19.1 Å². The van der Waals surface area contributed by atoms with E-state index < -0.39 is 40.5 Å². The fraction of sp³-hybridized carbons (Fsp3) is 0.379. The van der Waals surface area contributed by atoms with E-state index in [1.165, 1.54) is 0 Å². The number of ketones is 1. The van der Waals surface area contributed by atoms with E-state index in [-0.39, 0.29) is 17.1 Å². The fourth-order valence-electron chi connectivity index (χ4n) is 5.38. The Labute approximate surface area is 250 Å². The number of nitrogens with one attached hydrogen (secondary N) is 4. The van der Waals surface area contributed by atoms with Crippen molar-refractivity contribution in [1.29, 1.82) is 0 Å². The highest BCUT2D eigenvalue weighted by Gasteiger charge is 2.37. The van der Waals surface area contributed by atoms with Gasteiger partial charge in [-0.25, -0.2) is 13.4 Å². The number of sulfonamides is 1. The average Bonchev–Trinajstić information content (AvgIpc) is 3.46. The molecule has 1 amide bonds. The molecule has 2 atom stereocenters. The van der Waals surface area contributed by atoms with Crippen LogP contribution in [0.3, 0.4) is 0 Å². The molecule has 1 aromatic heterocycles. The maximum absolute atomic E-state index is 13.5. The van der Waals surface area contributed by atoms with Crippen LogP contribution in [0.4, 0.5) is 11.6 Å². The summed E-state index contributed by atoms with van der Waals surface area (Å²) in [6, 6.07) is 6.21. The predicted octanol–water partition coefficient (Wildman–Crippen LogP) is 1.61. The van der Waals surface area contributed by atoms with Crippen LogP contribution in [0.2, 0.25) is 0 Å². The summed E-state index contributed by atoms with van der Waals surface area (Å²) in [4.78, 5) is 47.5. The van der Waals surface area contributed by atoms with Crippen LogP contribution >= 0.6 is 0 Å². The third-order valence-corrected chi connectivity index (χ3v) is 9.02. The van der Waals surface area contributed by atoms with Crippen LogP contribution in [0.15, 0.2) is 47.6 Å². The summed E-state index contributed by atoms with van der Waals surface area (Å²) in [6.07, 6.45) is 3.73. The molecule has 14 heteroatoms. The molecule has 0 radical (unpaired) electrons. The number of imidazole rings is 1. The van der Waals surface area contributed by atoms with Gasteiger partial charge in [-0.2, -0.15) is 4.72 Å². The molecule has 0 saturated carbocycles. The second-order valence-corrected chi connectivity index (χ2v) is 12.3. The molecule has 230 valence electrons. The van der Waals surface area contributed by atoms with Crippen molar-refractivity contribution in [2.45, 2.75) is 57.1 Å². The van der Waals surface area contributed by atoms with Crippen molar-refractivity contribution in [3.05, 3.63) is 70.5 Å². The van der Waals surface area contributed by atoms with Crippen LogP contribution in [0.1, 0.15) is 45.5 Å². The molecule has 2 heterocycles. The van der Waals surface area contributed by atoms with E-state index in [1.54, 1.807) is 49.3 Å². The van der Waals surface area contributed by atoms with Crippen molar-refractivity contribution in [1.82, 2.24) is 20.0 Å². The number of nitrogens with zero attached hydrogens (tertiary/aromatic N) is 2. The molecule has 4 rings (SSSR count). The molecule has 0 bridgehead atoms. The van der Waals surface area contributed by atoms with Crippen molar-refractivity contribution in [3.8, 4) is 0 Å². The van der Waals surface area contributed by atoms with Gasteiger partial charge in [0.15, 0.2) is 11.7 Å². The first-order valence-electron chi connectivity index (χ1n) is 13.9. The highest BCUT2D eigenvalue weighted by atomic mass is 32.2. The number of aryl methyl sites for hydroxylation is 3. The Bertz CT molecular complexity index is 1580. The number of carboxylic acid groups (broad SMARTS) is 1. The Morgan fingerprint density at radius 3 is 2.53 bits per heavy atom. The number of hydrogen-bond donors (Lipinski definition) is 6. The maximum Gasteiger partial charge on any atom is 0.323 e. The minimum atomic E-state index is -4.23. The summed E-state index contributed by atoms with van der Waals surface area (Å²) >= 11 is 0. The number of H-pyrrole nitrogens is 1. The number of aliphatic carboxylic acids is 1. The number of fused-ring (bicyclic) bond motifs is 1. The minimum absolute atomic E-state index is 0.00420. The summed E-state index contributed by atoms with van der Waals surface area (Å²) in [7, 11) is -4.23. The van der Waals surface area contributed by atoms with Gasteiger partial charge in [0.1, 0.15) is 12.1 Å². The highest BCUT2D eigenvalue weighted by Crippen LogP contribution is 2.32. The smallest absolute Gasteiger partial charge is 0.323 e. The molecular weight excluding hydrogens is 574 g/mol. The summed E-state index contributed by atoms with van der Waals surface area (Å²) < 4.78 is 28.6. The molecule has 3 aromatic rings. The van der Waals surface area contributed by atoms with Crippen molar-refractivity contribution >= 4 is 39.3 Å². The first kappa shape index (κ1) is 31.7. The Morgan fingerprint density at radius 1 is 1.19 bits per heavy atom. The Balaban J connectivity index is 1.52. The van der Waals surface area contributed by atoms with Gasteiger partial charge < -0.3 is 31.4 Å². The van der Waals surface area contributed by atoms with Crippen LogP contribution in [0.25, 0.3) is 0 Å². The van der Waals surface area contributed by atoms with E-state index in [0.717, 1.165) is 11.1 Å². The van der Waals surface area contributed by atoms with Crippen molar-refractivity contribution < 1.29 is 27.9 Å². The topological polar surface area (TPSA) is 200 Å². The normalized spacial score (nSPS) is 15.6. The lowest BCUT2D eigenvalue weighted by molar-refractivity contribution is -0.139. The van der Waals surface area contributed by atoms with Gasteiger partial charge in [0.05, 0.1) is 4.90 Å². The number of hydrogen-bond acceptors (Lipinski definition) is 9. The zero-order chi connectivity index (χ0) is 31.3. The quantitative estimate of drug-likeness (QED) is 0.165. The van der Waals surface area contributed by atoms with Crippen molar-refractivity contribution in [2.75, 3.05) is 29.9 Å². The fourth-order valence-corrected chi connectivity index (χ4v) is 7.02. The lowest BCUT2D eigenvalue weighted by Gasteiger charge is -2.37. The van der Waals surface area contributed by atoms with Crippen LogP contribution in [-0.2, 0) is 26.2 Å². The molecule has 0 spiro atoms. The summed E-state index contributed by atoms with van der Waals surface area (Å²) in [6.45, 7) is 5.74. The number of aromatic nitrogens is 2. The van der Waals surface area contributed by atoms with Crippen LogP contribution < -0.4 is 26.0 Å². The number of carbonyl (C=O) groups is 3. The molecule has 0 fully saturated rings.